The predicted molar refractivity (Wildman–Crippen MR) is 97.3 cm³/mol. The summed E-state index contributed by atoms with van der Waals surface area (Å²) in [6.45, 7) is 0. The van der Waals surface area contributed by atoms with E-state index in [1.807, 2.05) is 23.5 Å². The number of thiocarbonyl (C=S) groups is 1. The standard InChI is InChI=1S/C14H11PS4/c16-14-13(11-7-3-1-4-8-11)18-15(17,19-14)12-9-5-2-6-10-12/h1-10,13H. The average molecular weight is 338 g/mol. The van der Waals surface area contributed by atoms with Crippen molar-refractivity contribution >= 4 is 60.7 Å². The Labute approximate surface area is 131 Å². The highest BCUT2D eigenvalue weighted by Gasteiger charge is 2.38. The summed E-state index contributed by atoms with van der Waals surface area (Å²) in [5.74, 6) is 0. The number of hydrogen-bond donors (Lipinski definition) is 0. The molecule has 0 spiro atoms. The highest BCUT2D eigenvalue weighted by molar-refractivity contribution is 9.08. The van der Waals surface area contributed by atoms with E-state index in [0.717, 1.165) is 4.20 Å². The fraction of sp³-hybridized carbons (Fsp3) is 0.0714. The minimum Gasteiger partial charge on any atom is -0.0948 e. The summed E-state index contributed by atoms with van der Waals surface area (Å²) in [6, 6.07) is 20.9. The van der Waals surface area contributed by atoms with Gasteiger partial charge in [0.2, 0.25) is 0 Å². The Morgan fingerprint density at radius 2 is 1.47 bits per heavy atom. The van der Waals surface area contributed by atoms with Gasteiger partial charge in [-0.1, -0.05) is 107 Å². The Balaban J connectivity index is 1.94. The first-order chi connectivity index (χ1) is 9.19. The first-order valence-electron chi connectivity index (χ1n) is 5.81. The zero-order valence-electron chi connectivity index (χ0n) is 9.93. The van der Waals surface area contributed by atoms with Crippen molar-refractivity contribution in [3.63, 3.8) is 0 Å². The van der Waals surface area contributed by atoms with Crippen molar-refractivity contribution in [3.8, 4) is 0 Å². The second-order valence-corrected chi connectivity index (χ2v) is 15.8. The third-order valence-electron chi connectivity index (χ3n) is 2.84. The molecule has 0 N–H and O–H groups in total. The maximum atomic E-state index is 5.94. The lowest BCUT2D eigenvalue weighted by atomic mass is 10.2. The van der Waals surface area contributed by atoms with Gasteiger partial charge in [0, 0.05) is 5.30 Å². The highest BCUT2D eigenvalue weighted by Crippen LogP contribution is 2.79. The summed E-state index contributed by atoms with van der Waals surface area (Å²) in [7, 11) is 0. The summed E-state index contributed by atoms with van der Waals surface area (Å²) in [5.41, 5.74) is 1.27. The Morgan fingerprint density at radius 1 is 0.895 bits per heavy atom. The van der Waals surface area contributed by atoms with Crippen molar-refractivity contribution in [3.05, 3.63) is 66.2 Å². The lowest BCUT2D eigenvalue weighted by Crippen LogP contribution is -1.96. The molecule has 0 amide bonds. The summed E-state index contributed by atoms with van der Waals surface area (Å²) in [6.07, 6.45) is 0. The molecule has 0 aliphatic carbocycles. The molecule has 1 saturated heterocycles. The predicted octanol–water partition coefficient (Wildman–Crippen LogP) is 5.17. The van der Waals surface area contributed by atoms with Gasteiger partial charge < -0.3 is 0 Å². The average Bonchev–Trinajstić information content (AvgIpc) is 2.77. The van der Waals surface area contributed by atoms with Crippen LogP contribution in [0.5, 0.6) is 0 Å². The molecule has 2 aromatic carbocycles. The van der Waals surface area contributed by atoms with E-state index in [2.05, 4.69) is 48.5 Å². The molecule has 0 nitrogen and oxygen atoms in total. The van der Waals surface area contributed by atoms with E-state index >= 15 is 0 Å². The summed E-state index contributed by atoms with van der Waals surface area (Å²) in [4.78, 5) is 0. The van der Waals surface area contributed by atoms with Crippen LogP contribution in [0.4, 0.5) is 0 Å². The normalized spacial score (nSPS) is 26.5. The molecule has 0 saturated carbocycles. The lowest BCUT2D eigenvalue weighted by Gasteiger charge is -2.14. The summed E-state index contributed by atoms with van der Waals surface area (Å²) >= 11 is 15.1. The maximum absolute atomic E-state index is 5.94. The van der Waals surface area contributed by atoms with Gasteiger partial charge >= 0.3 is 0 Å². The van der Waals surface area contributed by atoms with Gasteiger partial charge in [-0.3, -0.25) is 0 Å². The van der Waals surface area contributed by atoms with Crippen molar-refractivity contribution in [2.45, 2.75) is 5.25 Å². The summed E-state index contributed by atoms with van der Waals surface area (Å²) < 4.78 is -0.644. The fourth-order valence-electron chi connectivity index (χ4n) is 1.92. The topological polar surface area (TPSA) is 0 Å². The van der Waals surface area contributed by atoms with Gasteiger partial charge in [0.1, 0.15) is 0 Å². The number of rotatable bonds is 2. The Hall–Kier alpha value is -0.120. The van der Waals surface area contributed by atoms with E-state index in [-0.39, 0.29) is 5.25 Å². The molecule has 96 valence electrons. The van der Waals surface area contributed by atoms with Gasteiger partial charge in [-0.2, -0.15) is 0 Å². The molecule has 3 rings (SSSR count). The third kappa shape index (κ3) is 2.84. The van der Waals surface area contributed by atoms with Crippen molar-refractivity contribution < 1.29 is 0 Å². The van der Waals surface area contributed by atoms with Crippen LogP contribution >= 0.6 is 39.4 Å². The lowest BCUT2D eigenvalue weighted by molar-refractivity contribution is 1.35. The number of hydrogen-bond acceptors (Lipinski definition) is 4. The van der Waals surface area contributed by atoms with Crippen molar-refractivity contribution in [1.29, 1.82) is 0 Å². The quantitative estimate of drug-likeness (QED) is 0.547. The molecule has 5 heteroatoms. The minimum absolute atomic E-state index is 0.257. The van der Waals surface area contributed by atoms with Crippen LogP contribution in [0, 0.1) is 0 Å². The molecule has 19 heavy (non-hydrogen) atoms. The van der Waals surface area contributed by atoms with Crippen LogP contribution in [0.15, 0.2) is 60.7 Å². The van der Waals surface area contributed by atoms with Gasteiger partial charge in [0.15, 0.2) is 0 Å². The smallest absolute Gasteiger partial charge is 0.0910 e. The first-order valence-corrected chi connectivity index (χ1v) is 11.9. The zero-order valence-corrected chi connectivity index (χ0v) is 14.1. The molecular weight excluding hydrogens is 327 g/mol. The van der Waals surface area contributed by atoms with Gasteiger partial charge in [-0.15, -0.1) is 0 Å². The molecule has 0 bridgehead atoms. The first kappa shape index (κ1) is 13.8. The van der Waals surface area contributed by atoms with Crippen molar-refractivity contribution in [2.75, 3.05) is 0 Å². The Bertz CT molecular complexity index is 639. The van der Waals surface area contributed by atoms with E-state index in [1.165, 1.54) is 10.9 Å². The van der Waals surface area contributed by atoms with E-state index in [4.69, 9.17) is 24.0 Å². The highest BCUT2D eigenvalue weighted by atomic mass is 33.2. The van der Waals surface area contributed by atoms with Crippen LogP contribution in [0.25, 0.3) is 0 Å². The minimum atomic E-state index is -1.67. The van der Waals surface area contributed by atoms with E-state index in [0.29, 0.717) is 0 Å². The molecule has 1 aliphatic heterocycles. The summed E-state index contributed by atoms with van der Waals surface area (Å²) in [5, 5.41) is 1.52. The fourth-order valence-corrected chi connectivity index (χ4v) is 14.7. The second kappa shape index (κ2) is 5.71. The molecule has 2 aromatic rings. The SMILES string of the molecule is S=C1SP(=S)(c2ccccc2)SC1c1ccccc1. The van der Waals surface area contributed by atoms with Crippen LogP contribution in [-0.2, 0) is 11.8 Å². The Kier molecular flexibility index (Phi) is 4.16. The van der Waals surface area contributed by atoms with Gasteiger partial charge in [-0.25, -0.2) is 0 Å². The van der Waals surface area contributed by atoms with Gasteiger partial charge in [-0.05, 0) is 5.56 Å². The maximum Gasteiger partial charge on any atom is 0.0910 e. The molecule has 1 heterocycles. The monoisotopic (exact) mass is 338 g/mol. The molecule has 2 unspecified atom stereocenters. The van der Waals surface area contributed by atoms with Gasteiger partial charge in [0.25, 0.3) is 0 Å². The molecule has 0 aromatic heterocycles. The van der Waals surface area contributed by atoms with Crippen LogP contribution < -0.4 is 5.30 Å². The largest absolute Gasteiger partial charge is 0.0948 e. The zero-order chi connectivity index (χ0) is 13.3. The van der Waals surface area contributed by atoms with Crippen LogP contribution in [0.1, 0.15) is 10.8 Å². The molecule has 1 aliphatic rings. The number of benzene rings is 2. The second-order valence-electron chi connectivity index (χ2n) is 4.14. The van der Waals surface area contributed by atoms with Crippen molar-refractivity contribution in [1.82, 2.24) is 0 Å². The van der Waals surface area contributed by atoms with Gasteiger partial charge in [0.05, 0.1) is 13.9 Å². The van der Waals surface area contributed by atoms with E-state index in [9.17, 15) is 0 Å². The van der Waals surface area contributed by atoms with Crippen LogP contribution in [-0.4, -0.2) is 4.20 Å². The molecule has 2 atom stereocenters. The van der Waals surface area contributed by atoms with E-state index in [1.54, 1.807) is 11.4 Å². The van der Waals surface area contributed by atoms with Crippen molar-refractivity contribution in [2.24, 2.45) is 0 Å². The van der Waals surface area contributed by atoms with Crippen LogP contribution in [0.3, 0.4) is 0 Å². The van der Waals surface area contributed by atoms with Crippen LogP contribution in [0.2, 0.25) is 0 Å². The Morgan fingerprint density at radius 3 is 2.11 bits per heavy atom. The third-order valence-corrected chi connectivity index (χ3v) is 14.1. The van der Waals surface area contributed by atoms with E-state index < -0.39 is 4.44 Å². The molecular formula is C14H11PS4. The molecule has 0 radical (unpaired) electrons. The molecule has 1 fully saturated rings.